The fourth-order valence-corrected chi connectivity index (χ4v) is 1.63. The van der Waals surface area contributed by atoms with E-state index in [1.54, 1.807) is 6.07 Å². The third-order valence-corrected chi connectivity index (χ3v) is 2.61. The van der Waals surface area contributed by atoms with Crippen molar-refractivity contribution in [1.29, 1.82) is 5.26 Å². The lowest BCUT2D eigenvalue weighted by atomic mass is 10.1. The normalized spacial score (nSPS) is 11.0. The monoisotopic (exact) mass is 296 g/mol. The number of ether oxygens (including phenoxy) is 1. The lowest BCUT2D eigenvalue weighted by Crippen LogP contribution is -2.08. The molecule has 2 aromatic carbocycles. The first-order chi connectivity index (χ1) is 9.81. The van der Waals surface area contributed by atoms with Crippen LogP contribution in [0.3, 0.4) is 0 Å². The Bertz CT molecular complexity index is 720. The SMILES string of the molecule is N#Cc1ccc(Oc2cc(F)ccc2N)c(C(F)(F)F)c1. The smallest absolute Gasteiger partial charge is 0.420 e. The number of hydrogen-bond donors (Lipinski definition) is 1. The number of alkyl halides is 3. The first-order valence-electron chi connectivity index (χ1n) is 5.65. The summed E-state index contributed by atoms with van der Waals surface area (Å²) in [6.45, 7) is 0. The molecule has 0 aromatic heterocycles. The average Bonchev–Trinajstić information content (AvgIpc) is 2.42. The van der Waals surface area contributed by atoms with Crippen molar-refractivity contribution < 1.29 is 22.3 Å². The van der Waals surface area contributed by atoms with Crippen LogP contribution in [-0.2, 0) is 6.18 Å². The van der Waals surface area contributed by atoms with Gasteiger partial charge in [-0.1, -0.05) is 0 Å². The summed E-state index contributed by atoms with van der Waals surface area (Å²) in [6.07, 6.45) is -4.72. The van der Waals surface area contributed by atoms with Gasteiger partial charge in [0.25, 0.3) is 0 Å². The van der Waals surface area contributed by atoms with Gasteiger partial charge < -0.3 is 10.5 Å². The number of benzene rings is 2. The second kappa shape index (κ2) is 5.32. The Morgan fingerprint density at radius 1 is 1.05 bits per heavy atom. The minimum Gasteiger partial charge on any atom is -0.454 e. The Balaban J connectivity index is 2.49. The van der Waals surface area contributed by atoms with Gasteiger partial charge in [-0.25, -0.2) is 4.39 Å². The molecule has 0 aliphatic rings. The van der Waals surface area contributed by atoms with Gasteiger partial charge in [-0.05, 0) is 30.3 Å². The van der Waals surface area contributed by atoms with Crippen molar-refractivity contribution >= 4 is 5.69 Å². The topological polar surface area (TPSA) is 59.0 Å². The molecular weight excluding hydrogens is 288 g/mol. The minimum absolute atomic E-state index is 0.00566. The summed E-state index contributed by atoms with van der Waals surface area (Å²) in [5.74, 6) is -1.48. The van der Waals surface area contributed by atoms with Gasteiger partial charge in [-0.3, -0.25) is 0 Å². The van der Waals surface area contributed by atoms with E-state index in [1.165, 1.54) is 12.1 Å². The predicted octanol–water partition coefficient (Wildman–Crippen LogP) is 4.09. The van der Waals surface area contributed by atoms with Gasteiger partial charge in [0.2, 0.25) is 0 Å². The fraction of sp³-hybridized carbons (Fsp3) is 0.0714. The van der Waals surface area contributed by atoms with Crippen LogP contribution >= 0.6 is 0 Å². The molecule has 0 saturated carbocycles. The third kappa shape index (κ3) is 3.23. The van der Waals surface area contributed by atoms with Gasteiger partial charge in [0.1, 0.15) is 11.6 Å². The Kier molecular flexibility index (Phi) is 3.72. The minimum atomic E-state index is -4.72. The van der Waals surface area contributed by atoms with Gasteiger partial charge in [-0.2, -0.15) is 18.4 Å². The molecule has 0 radical (unpaired) electrons. The van der Waals surface area contributed by atoms with E-state index in [9.17, 15) is 17.6 Å². The van der Waals surface area contributed by atoms with E-state index in [0.717, 1.165) is 18.2 Å². The van der Waals surface area contributed by atoms with Crippen LogP contribution in [0.4, 0.5) is 23.2 Å². The average molecular weight is 296 g/mol. The van der Waals surface area contributed by atoms with Crippen LogP contribution in [0.5, 0.6) is 11.5 Å². The number of nitrogens with two attached hydrogens (primary N) is 1. The highest BCUT2D eigenvalue weighted by atomic mass is 19.4. The molecule has 2 rings (SSSR count). The number of nitrogen functional groups attached to an aromatic ring is 1. The fourth-order valence-electron chi connectivity index (χ4n) is 1.63. The van der Waals surface area contributed by atoms with Crippen LogP contribution in [0.1, 0.15) is 11.1 Å². The highest BCUT2D eigenvalue weighted by Gasteiger charge is 2.35. The van der Waals surface area contributed by atoms with Gasteiger partial charge >= 0.3 is 6.18 Å². The standard InChI is InChI=1S/C14H8F4N2O/c15-9-2-3-11(20)13(6-9)21-12-4-1-8(7-19)5-10(12)14(16,17)18/h1-6H,20H2. The summed E-state index contributed by atoms with van der Waals surface area (Å²) in [5.41, 5.74) is 4.22. The summed E-state index contributed by atoms with van der Waals surface area (Å²) in [5, 5.41) is 8.66. The maximum Gasteiger partial charge on any atom is 0.420 e. The highest BCUT2D eigenvalue weighted by Crippen LogP contribution is 2.39. The molecule has 0 heterocycles. The summed E-state index contributed by atoms with van der Waals surface area (Å²) in [7, 11) is 0. The van der Waals surface area contributed by atoms with Crippen LogP contribution in [0, 0.1) is 17.1 Å². The van der Waals surface area contributed by atoms with Crippen molar-refractivity contribution in [3.8, 4) is 17.6 Å². The first-order valence-corrected chi connectivity index (χ1v) is 5.65. The molecule has 0 unspecified atom stereocenters. The van der Waals surface area contributed by atoms with Gasteiger partial charge in [-0.15, -0.1) is 0 Å². The number of hydrogen-bond acceptors (Lipinski definition) is 3. The summed E-state index contributed by atoms with van der Waals surface area (Å²) >= 11 is 0. The Hall–Kier alpha value is -2.75. The lowest BCUT2D eigenvalue weighted by Gasteiger charge is -2.15. The number of anilines is 1. The largest absolute Gasteiger partial charge is 0.454 e. The van der Waals surface area contributed by atoms with Crippen molar-refractivity contribution in [3.63, 3.8) is 0 Å². The van der Waals surface area contributed by atoms with E-state index in [0.29, 0.717) is 6.07 Å². The second-order valence-corrected chi connectivity index (χ2v) is 4.10. The quantitative estimate of drug-likeness (QED) is 0.670. The molecule has 0 spiro atoms. The van der Waals surface area contributed by atoms with Crippen LogP contribution in [-0.4, -0.2) is 0 Å². The van der Waals surface area contributed by atoms with E-state index in [1.807, 2.05) is 0 Å². The van der Waals surface area contributed by atoms with Gasteiger partial charge in [0.05, 0.1) is 22.9 Å². The van der Waals surface area contributed by atoms with Crippen LogP contribution < -0.4 is 10.5 Å². The molecule has 108 valence electrons. The molecule has 7 heteroatoms. The van der Waals surface area contributed by atoms with Crippen molar-refractivity contribution in [1.82, 2.24) is 0 Å². The molecule has 0 atom stereocenters. The van der Waals surface area contributed by atoms with E-state index in [4.69, 9.17) is 15.7 Å². The predicted molar refractivity (Wildman–Crippen MR) is 67.0 cm³/mol. The molecule has 2 aromatic rings. The molecule has 0 bridgehead atoms. The molecule has 0 aliphatic heterocycles. The van der Waals surface area contributed by atoms with Gasteiger partial charge in [0, 0.05) is 6.07 Å². The van der Waals surface area contributed by atoms with Crippen molar-refractivity contribution in [2.75, 3.05) is 5.73 Å². The number of nitriles is 1. The third-order valence-electron chi connectivity index (χ3n) is 2.61. The van der Waals surface area contributed by atoms with E-state index in [-0.39, 0.29) is 17.0 Å². The molecule has 21 heavy (non-hydrogen) atoms. The zero-order chi connectivity index (χ0) is 15.6. The number of rotatable bonds is 2. The molecule has 0 amide bonds. The zero-order valence-electron chi connectivity index (χ0n) is 10.4. The lowest BCUT2D eigenvalue weighted by molar-refractivity contribution is -0.138. The van der Waals surface area contributed by atoms with Crippen molar-refractivity contribution in [2.45, 2.75) is 6.18 Å². The molecule has 3 nitrogen and oxygen atoms in total. The second-order valence-electron chi connectivity index (χ2n) is 4.10. The van der Waals surface area contributed by atoms with Crippen LogP contribution in [0.2, 0.25) is 0 Å². The van der Waals surface area contributed by atoms with E-state index in [2.05, 4.69) is 0 Å². The van der Waals surface area contributed by atoms with E-state index >= 15 is 0 Å². The Labute approximate surface area is 117 Å². The Morgan fingerprint density at radius 3 is 2.38 bits per heavy atom. The summed E-state index contributed by atoms with van der Waals surface area (Å²) in [6, 6.07) is 7.55. The molecule has 0 aliphatic carbocycles. The van der Waals surface area contributed by atoms with Crippen LogP contribution in [0.25, 0.3) is 0 Å². The molecule has 0 fully saturated rings. The molecule has 2 N–H and O–H groups in total. The zero-order valence-corrected chi connectivity index (χ0v) is 10.4. The summed E-state index contributed by atoms with van der Waals surface area (Å²) < 4.78 is 57.0. The van der Waals surface area contributed by atoms with Crippen LogP contribution in [0.15, 0.2) is 36.4 Å². The Morgan fingerprint density at radius 2 is 1.76 bits per heavy atom. The number of halogens is 4. The van der Waals surface area contributed by atoms with Gasteiger partial charge in [0.15, 0.2) is 5.75 Å². The van der Waals surface area contributed by atoms with Crippen molar-refractivity contribution in [2.24, 2.45) is 0 Å². The highest BCUT2D eigenvalue weighted by molar-refractivity contribution is 5.55. The van der Waals surface area contributed by atoms with E-state index < -0.39 is 23.3 Å². The maximum atomic E-state index is 13.1. The maximum absolute atomic E-state index is 13.1. The van der Waals surface area contributed by atoms with Crippen molar-refractivity contribution in [3.05, 3.63) is 53.3 Å². The number of nitrogens with zero attached hydrogens (tertiary/aromatic N) is 1. The summed E-state index contributed by atoms with van der Waals surface area (Å²) in [4.78, 5) is 0. The first kappa shape index (κ1) is 14.7. The molecular formula is C14H8F4N2O. The molecule has 0 saturated heterocycles.